The highest BCUT2D eigenvalue weighted by molar-refractivity contribution is 5.97. The minimum absolute atomic E-state index is 0.131. The fourth-order valence-corrected chi connectivity index (χ4v) is 1.52. The lowest BCUT2D eigenvalue weighted by Gasteiger charge is -2.16. The van der Waals surface area contributed by atoms with Crippen LogP contribution in [0.1, 0.15) is 11.1 Å². The van der Waals surface area contributed by atoms with Crippen LogP contribution in [0.2, 0.25) is 0 Å². The third-order valence-corrected chi connectivity index (χ3v) is 2.46. The van der Waals surface area contributed by atoms with Gasteiger partial charge < -0.3 is 15.7 Å². The number of nitrogens with two attached hydrogens (primary N) is 1. The largest absolute Gasteiger partial charge is 0.409 e. The summed E-state index contributed by atoms with van der Waals surface area (Å²) < 4.78 is 5.02. The van der Waals surface area contributed by atoms with E-state index >= 15 is 0 Å². The number of ether oxygens (including phenoxy) is 1. The number of rotatable bonds is 6. The molecule has 0 aromatic heterocycles. The predicted octanol–water partition coefficient (Wildman–Crippen LogP) is 0.859. The van der Waals surface area contributed by atoms with E-state index in [2.05, 4.69) is 10.1 Å². The average Bonchev–Trinajstić information content (AvgIpc) is 2.35. The Morgan fingerprint density at radius 3 is 2.94 bits per heavy atom. The molecule has 0 bridgehead atoms. The minimum atomic E-state index is 0.131. The predicted molar refractivity (Wildman–Crippen MR) is 67.2 cm³/mol. The first-order chi connectivity index (χ1) is 8.17. The molecule has 0 aliphatic heterocycles. The Morgan fingerprint density at radius 1 is 1.53 bits per heavy atom. The maximum Gasteiger partial charge on any atom is 0.170 e. The lowest BCUT2D eigenvalue weighted by Crippen LogP contribution is -2.22. The molecule has 0 unspecified atom stereocenters. The second kappa shape index (κ2) is 6.88. The highest BCUT2D eigenvalue weighted by Gasteiger charge is 2.03. The molecule has 3 N–H and O–H groups in total. The van der Waals surface area contributed by atoms with Gasteiger partial charge in [-0.05, 0) is 18.7 Å². The summed E-state index contributed by atoms with van der Waals surface area (Å²) >= 11 is 0. The van der Waals surface area contributed by atoms with Gasteiger partial charge in [0.05, 0.1) is 6.61 Å². The van der Waals surface area contributed by atoms with Crippen molar-refractivity contribution in [2.75, 3.05) is 27.3 Å². The number of hydrogen-bond donors (Lipinski definition) is 2. The number of amidine groups is 1. The van der Waals surface area contributed by atoms with Gasteiger partial charge in [-0.25, -0.2) is 0 Å². The maximum atomic E-state index is 8.61. The molecular formula is C12H19N3O2. The Hall–Kier alpha value is -1.59. The summed E-state index contributed by atoms with van der Waals surface area (Å²) in [6.45, 7) is 2.37. The smallest absolute Gasteiger partial charge is 0.170 e. The molecule has 5 heteroatoms. The van der Waals surface area contributed by atoms with Crippen molar-refractivity contribution < 1.29 is 9.94 Å². The van der Waals surface area contributed by atoms with Gasteiger partial charge in [0, 0.05) is 25.8 Å². The number of nitrogens with zero attached hydrogens (tertiary/aromatic N) is 2. The molecule has 94 valence electrons. The van der Waals surface area contributed by atoms with Crippen molar-refractivity contribution in [2.45, 2.75) is 6.54 Å². The molecule has 1 rings (SSSR count). The van der Waals surface area contributed by atoms with E-state index in [1.165, 1.54) is 0 Å². The zero-order valence-electron chi connectivity index (χ0n) is 10.3. The zero-order valence-corrected chi connectivity index (χ0v) is 10.3. The summed E-state index contributed by atoms with van der Waals surface area (Å²) in [5.41, 5.74) is 7.39. The number of methoxy groups -OCH3 is 1. The van der Waals surface area contributed by atoms with Crippen LogP contribution in [-0.2, 0) is 11.3 Å². The van der Waals surface area contributed by atoms with E-state index in [0.717, 1.165) is 24.2 Å². The third kappa shape index (κ3) is 4.42. The van der Waals surface area contributed by atoms with Gasteiger partial charge in [-0.3, -0.25) is 4.90 Å². The molecule has 0 saturated carbocycles. The monoisotopic (exact) mass is 237 g/mol. The maximum absolute atomic E-state index is 8.61. The van der Waals surface area contributed by atoms with Crippen molar-refractivity contribution in [2.24, 2.45) is 10.9 Å². The van der Waals surface area contributed by atoms with E-state index in [4.69, 9.17) is 15.7 Å². The second-order valence-corrected chi connectivity index (χ2v) is 3.92. The molecule has 0 spiro atoms. The van der Waals surface area contributed by atoms with Crippen molar-refractivity contribution in [1.29, 1.82) is 0 Å². The first kappa shape index (κ1) is 13.5. The van der Waals surface area contributed by atoms with Crippen molar-refractivity contribution in [3.05, 3.63) is 35.4 Å². The first-order valence-corrected chi connectivity index (χ1v) is 5.41. The van der Waals surface area contributed by atoms with Gasteiger partial charge in [-0.15, -0.1) is 0 Å². The molecule has 1 aromatic rings. The van der Waals surface area contributed by atoms with E-state index in [9.17, 15) is 0 Å². The van der Waals surface area contributed by atoms with Crippen LogP contribution >= 0.6 is 0 Å². The van der Waals surface area contributed by atoms with E-state index in [1.807, 2.05) is 31.3 Å². The summed E-state index contributed by atoms with van der Waals surface area (Å²) in [6, 6.07) is 7.64. The van der Waals surface area contributed by atoms with Gasteiger partial charge in [0.2, 0.25) is 0 Å². The Balaban J connectivity index is 2.65. The highest BCUT2D eigenvalue weighted by atomic mass is 16.5. The normalized spacial score (nSPS) is 12.1. The van der Waals surface area contributed by atoms with Crippen molar-refractivity contribution in [3.63, 3.8) is 0 Å². The number of benzene rings is 1. The molecule has 1 aromatic carbocycles. The van der Waals surface area contributed by atoms with Gasteiger partial charge in [-0.2, -0.15) is 0 Å². The summed E-state index contributed by atoms with van der Waals surface area (Å²) in [4.78, 5) is 2.15. The average molecular weight is 237 g/mol. The molecule has 0 heterocycles. The van der Waals surface area contributed by atoms with Crippen LogP contribution in [0.3, 0.4) is 0 Å². The molecular weight excluding hydrogens is 218 g/mol. The topological polar surface area (TPSA) is 71.1 Å². The van der Waals surface area contributed by atoms with Crippen LogP contribution < -0.4 is 5.73 Å². The number of oxime groups is 1. The summed E-state index contributed by atoms with van der Waals surface area (Å²) in [5, 5.41) is 11.6. The van der Waals surface area contributed by atoms with Crippen molar-refractivity contribution in [1.82, 2.24) is 4.90 Å². The molecule has 0 aliphatic carbocycles. The summed E-state index contributed by atoms with van der Waals surface area (Å²) in [7, 11) is 3.71. The third-order valence-electron chi connectivity index (χ3n) is 2.46. The molecule has 0 amide bonds. The lowest BCUT2D eigenvalue weighted by atomic mass is 10.1. The quantitative estimate of drug-likeness (QED) is 0.333. The zero-order chi connectivity index (χ0) is 12.7. The van der Waals surface area contributed by atoms with Gasteiger partial charge in [0.15, 0.2) is 5.84 Å². The number of hydrogen-bond acceptors (Lipinski definition) is 4. The van der Waals surface area contributed by atoms with Crippen molar-refractivity contribution in [3.8, 4) is 0 Å². The van der Waals surface area contributed by atoms with Crippen LogP contribution in [0.25, 0.3) is 0 Å². The lowest BCUT2D eigenvalue weighted by molar-refractivity contribution is 0.158. The van der Waals surface area contributed by atoms with E-state index < -0.39 is 0 Å². The minimum Gasteiger partial charge on any atom is -0.409 e. The van der Waals surface area contributed by atoms with Crippen LogP contribution in [0.15, 0.2) is 29.4 Å². The van der Waals surface area contributed by atoms with E-state index in [-0.39, 0.29) is 5.84 Å². The van der Waals surface area contributed by atoms with Crippen LogP contribution in [0.5, 0.6) is 0 Å². The van der Waals surface area contributed by atoms with E-state index in [1.54, 1.807) is 7.11 Å². The van der Waals surface area contributed by atoms with Gasteiger partial charge >= 0.3 is 0 Å². The fourth-order valence-electron chi connectivity index (χ4n) is 1.52. The van der Waals surface area contributed by atoms with Gasteiger partial charge in [0.25, 0.3) is 0 Å². The summed E-state index contributed by atoms with van der Waals surface area (Å²) in [5.74, 6) is 0.131. The van der Waals surface area contributed by atoms with E-state index in [0.29, 0.717) is 6.61 Å². The molecule has 0 fully saturated rings. The Bertz CT molecular complexity index is 380. The van der Waals surface area contributed by atoms with Crippen LogP contribution in [0.4, 0.5) is 0 Å². The molecule has 0 aliphatic rings. The highest BCUT2D eigenvalue weighted by Crippen LogP contribution is 2.07. The second-order valence-electron chi connectivity index (χ2n) is 3.92. The Morgan fingerprint density at radius 2 is 2.29 bits per heavy atom. The molecule has 0 atom stereocenters. The van der Waals surface area contributed by atoms with Crippen LogP contribution in [0, 0.1) is 0 Å². The number of likely N-dealkylation sites (N-methyl/N-ethyl adjacent to an activating group) is 1. The SMILES string of the molecule is COCCN(C)Cc1cccc(C(N)=NO)c1. The first-order valence-electron chi connectivity index (χ1n) is 5.41. The molecule has 5 nitrogen and oxygen atoms in total. The molecule has 17 heavy (non-hydrogen) atoms. The van der Waals surface area contributed by atoms with Crippen LogP contribution in [-0.4, -0.2) is 43.3 Å². The van der Waals surface area contributed by atoms with Crippen molar-refractivity contribution >= 4 is 5.84 Å². The van der Waals surface area contributed by atoms with Gasteiger partial charge in [-0.1, -0.05) is 23.4 Å². The standard InChI is InChI=1S/C12H19N3O2/c1-15(6-7-17-2)9-10-4-3-5-11(8-10)12(13)14-16/h3-5,8,16H,6-7,9H2,1-2H3,(H2,13,14). The Kier molecular flexibility index (Phi) is 5.45. The Labute approximate surface area is 101 Å². The molecule has 0 saturated heterocycles. The van der Waals surface area contributed by atoms with Gasteiger partial charge in [0.1, 0.15) is 0 Å². The fraction of sp³-hybridized carbons (Fsp3) is 0.417. The molecule has 0 radical (unpaired) electrons. The summed E-state index contributed by atoms with van der Waals surface area (Å²) in [6.07, 6.45) is 0.